The van der Waals surface area contributed by atoms with Crippen molar-refractivity contribution in [2.45, 2.75) is 45.8 Å². The van der Waals surface area contributed by atoms with Gasteiger partial charge in [0.2, 0.25) is 6.29 Å². The zero-order valence-corrected chi connectivity index (χ0v) is 8.32. The quantitative estimate of drug-likeness (QED) is 0.392. The normalized spacial score (nSPS) is 13.2. The first-order chi connectivity index (χ1) is 6.20. The van der Waals surface area contributed by atoms with Crippen LogP contribution < -0.4 is 0 Å². The summed E-state index contributed by atoms with van der Waals surface area (Å²) in [6.45, 7) is 3.90. The number of esters is 1. The van der Waals surface area contributed by atoms with E-state index in [1.807, 2.05) is 26.0 Å². The van der Waals surface area contributed by atoms with Crippen LogP contribution in [0.1, 0.15) is 39.5 Å². The van der Waals surface area contributed by atoms with E-state index >= 15 is 0 Å². The highest BCUT2D eigenvalue weighted by Crippen LogP contribution is 2.00. The van der Waals surface area contributed by atoms with Crippen LogP contribution in [-0.4, -0.2) is 17.4 Å². The lowest BCUT2D eigenvalue weighted by atomic mass is 10.3. The summed E-state index contributed by atoms with van der Waals surface area (Å²) in [6, 6.07) is 0. The van der Waals surface area contributed by atoms with Crippen molar-refractivity contribution in [1.29, 1.82) is 0 Å². The summed E-state index contributed by atoms with van der Waals surface area (Å²) in [7, 11) is 0. The van der Waals surface area contributed by atoms with Crippen molar-refractivity contribution in [3.8, 4) is 0 Å². The number of hydrogen-bond donors (Lipinski definition) is 1. The van der Waals surface area contributed by atoms with Crippen LogP contribution in [0.2, 0.25) is 0 Å². The van der Waals surface area contributed by atoms with Crippen LogP contribution >= 0.6 is 0 Å². The minimum Gasteiger partial charge on any atom is -0.436 e. The van der Waals surface area contributed by atoms with Gasteiger partial charge in [-0.15, -0.1) is 0 Å². The molecule has 1 atom stereocenters. The molecule has 3 nitrogen and oxygen atoms in total. The van der Waals surface area contributed by atoms with E-state index in [2.05, 4.69) is 0 Å². The van der Waals surface area contributed by atoms with Gasteiger partial charge in [-0.05, 0) is 12.8 Å². The molecular weight excluding hydrogens is 168 g/mol. The predicted octanol–water partition coefficient (Wildman–Crippen LogP) is 2.00. The largest absolute Gasteiger partial charge is 0.436 e. The lowest BCUT2D eigenvalue weighted by Crippen LogP contribution is -2.16. The molecule has 0 aromatic rings. The summed E-state index contributed by atoms with van der Waals surface area (Å²) >= 11 is 0. The van der Waals surface area contributed by atoms with Gasteiger partial charge in [0, 0.05) is 12.8 Å². The second-order valence-electron chi connectivity index (χ2n) is 2.81. The zero-order valence-electron chi connectivity index (χ0n) is 8.32. The number of hydrogen-bond acceptors (Lipinski definition) is 3. The van der Waals surface area contributed by atoms with Crippen LogP contribution in [0.3, 0.4) is 0 Å². The van der Waals surface area contributed by atoms with E-state index in [-0.39, 0.29) is 5.97 Å². The van der Waals surface area contributed by atoms with Crippen LogP contribution in [0.4, 0.5) is 0 Å². The third kappa shape index (κ3) is 7.53. The van der Waals surface area contributed by atoms with Gasteiger partial charge in [0.15, 0.2) is 0 Å². The molecule has 76 valence electrons. The summed E-state index contributed by atoms with van der Waals surface area (Å²) in [5.74, 6) is -0.333. The van der Waals surface area contributed by atoms with Gasteiger partial charge in [0.25, 0.3) is 0 Å². The van der Waals surface area contributed by atoms with Crippen LogP contribution in [-0.2, 0) is 9.53 Å². The Bertz CT molecular complexity index is 164. The van der Waals surface area contributed by atoms with Gasteiger partial charge in [0.1, 0.15) is 0 Å². The number of carbonyl (C=O) groups is 1. The van der Waals surface area contributed by atoms with Crippen molar-refractivity contribution in [2.24, 2.45) is 0 Å². The molecule has 0 radical (unpaired) electrons. The highest BCUT2D eigenvalue weighted by Gasteiger charge is 2.07. The Labute approximate surface area is 79.4 Å². The second kappa shape index (κ2) is 7.80. The van der Waals surface area contributed by atoms with E-state index in [1.165, 1.54) is 0 Å². The van der Waals surface area contributed by atoms with Gasteiger partial charge in [0.05, 0.1) is 0 Å². The minimum absolute atomic E-state index is 0.333. The average Bonchev–Trinajstić information content (AvgIpc) is 2.05. The molecule has 1 N–H and O–H groups in total. The van der Waals surface area contributed by atoms with E-state index in [1.54, 1.807) is 0 Å². The topological polar surface area (TPSA) is 46.5 Å². The van der Waals surface area contributed by atoms with E-state index in [0.29, 0.717) is 12.8 Å². The highest BCUT2D eigenvalue weighted by molar-refractivity contribution is 5.69. The first-order valence-electron chi connectivity index (χ1n) is 4.73. The molecule has 0 spiro atoms. The van der Waals surface area contributed by atoms with Gasteiger partial charge < -0.3 is 9.84 Å². The average molecular weight is 186 g/mol. The maximum Gasteiger partial charge on any atom is 0.308 e. The standard InChI is InChI=1S/C10H18O3/c1-3-5-6-8-10(12)13-9(11)7-4-2/h5-6,10,12H,3-4,7-8H2,1-2H3/b6-5-. The molecule has 1 unspecified atom stereocenters. The van der Waals surface area contributed by atoms with E-state index in [0.717, 1.165) is 12.8 Å². The molecule has 0 bridgehead atoms. The van der Waals surface area contributed by atoms with Crippen LogP contribution in [0.25, 0.3) is 0 Å². The lowest BCUT2D eigenvalue weighted by molar-refractivity contribution is -0.167. The SMILES string of the molecule is CC/C=C\CC(O)OC(=O)CCC. The lowest BCUT2D eigenvalue weighted by Gasteiger charge is -2.08. The molecule has 0 saturated carbocycles. The van der Waals surface area contributed by atoms with E-state index in [4.69, 9.17) is 4.74 Å². The fourth-order valence-corrected chi connectivity index (χ4v) is 0.842. The van der Waals surface area contributed by atoms with Crippen molar-refractivity contribution in [3.05, 3.63) is 12.2 Å². The van der Waals surface area contributed by atoms with Crippen molar-refractivity contribution >= 4 is 5.97 Å². The van der Waals surface area contributed by atoms with Gasteiger partial charge in [-0.3, -0.25) is 4.79 Å². The number of allylic oxidation sites excluding steroid dienone is 1. The van der Waals surface area contributed by atoms with Gasteiger partial charge in [-0.2, -0.15) is 0 Å². The van der Waals surface area contributed by atoms with Gasteiger partial charge >= 0.3 is 5.97 Å². The predicted molar refractivity (Wildman–Crippen MR) is 51.1 cm³/mol. The summed E-state index contributed by atoms with van der Waals surface area (Å²) < 4.78 is 4.70. The summed E-state index contributed by atoms with van der Waals surface area (Å²) in [5.41, 5.74) is 0. The Morgan fingerprint density at radius 3 is 2.69 bits per heavy atom. The zero-order chi connectivity index (χ0) is 10.1. The van der Waals surface area contributed by atoms with E-state index in [9.17, 15) is 9.90 Å². The molecule has 0 aliphatic heterocycles. The monoisotopic (exact) mass is 186 g/mol. The molecule has 0 fully saturated rings. The number of aliphatic hydroxyl groups excluding tert-OH is 1. The third-order valence-corrected chi connectivity index (χ3v) is 1.46. The van der Waals surface area contributed by atoms with Gasteiger partial charge in [-0.1, -0.05) is 26.0 Å². The second-order valence-corrected chi connectivity index (χ2v) is 2.81. The molecule has 0 aromatic carbocycles. The Balaban J connectivity index is 3.55. The molecule has 0 aromatic heterocycles. The molecule has 0 saturated heterocycles. The molecule has 3 heteroatoms. The first kappa shape index (κ1) is 12.2. The Kier molecular flexibility index (Phi) is 7.30. The smallest absolute Gasteiger partial charge is 0.308 e. The van der Waals surface area contributed by atoms with Gasteiger partial charge in [-0.25, -0.2) is 0 Å². The highest BCUT2D eigenvalue weighted by atomic mass is 16.6. The Morgan fingerprint density at radius 2 is 2.15 bits per heavy atom. The Hall–Kier alpha value is -0.830. The molecular formula is C10H18O3. The summed E-state index contributed by atoms with van der Waals surface area (Å²) in [6.07, 6.45) is 5.17. The maximum absolute atomic E-state index is 10.9. The first-order valence-corrected chi connectivity index (χ1v) is 4.73. The Morgan fingerprint density at radius 1 is 1.46 bits per heavy atom. The summed E-state index contributed by atoms with van der Waals surface area (Å²) in [4.78, 5) is 10.9. The minimum atomic E-state index is -0.984. The molecule has 0 heterocycles. The fourth-order valence-electron chi connectivity index (χ4n) is 0.842. The van der Waals surface area contributed by atoms with Crippen molar-refractivity contribution < 1.29 is 14.6 Å². The van der Waals surface area contributed by atoms with Crippen LogP contribution in [0.15, 0.2) is 12.2 Å². The molecule has 13 heavy (non-hydrogen) atoms. The number of ether oxygens (including phenoxy) is 1. The summed E-state index contributed by atoms with van der Waals surface area (Å²) in [5, 5.41) is 9.18. The van der Waals surface area contributed by atoms with Crippen molar-refractivity contribution in [2.75, 3.05) is 0 Å². The van der Waals surface area contributed by atoms with Crippen molar-refractivity contribution in [3.63, 3.8) is 0 Å². The number of aliphatic hydroxyl groups is 1. The third-order valence-electron chi connectivity index (χ3n) is 1.46. The number of carbonyl (C=O) groups excluding carboxylic acids is 1. The molecule has 0 aliphatic carbocycles. The molecule has 0 rings (SSSR count). The van der Waals surface area contributed by atoms with Crippen LogP contribution in [0.5, 0.6) is 0 Å². The van der Waals surface area contributed by atoms with Crippen LogP contribution in [0, 0.1) is 0 Å². The number of rotatable bonds is 6. The molecule has 0 aliphatic rings. The molecule has 0 amide bonds. The maximum atomic E-state index is 10.9. The van der Waals surface area contributed by atoms with E-state index < -0.39 is 6.29 Å². The fraction of sp³-hybridized carbons (Fsp3) is 0.700. The van der Waals surface area contributed by atoms with Crippen molar-refractivity contribution in [1.82, 2.24) is 0 Å².